The highest BCUT2D eigenvalue weighted by Crippen LogP contribution is 2.32. The minimum absolute atomic E-state index is 0.0952. The summed E-state index contributed by atoms with van der Waals surface area (Å²) < 4.78 is 23.9. The Morgan fingerprint density at radius 2 is 1.80 bits per heavy atom. The maximum absolute atomic E-state index is 11.7. The van der Waals surface area contributed by atoms with Crippen molar-refractivity contribution < 1.29 is 23.1 Å². The molecule has 0 unspecified atom stereocenters. The van der Waals surface area contributed by atoms with Crippen LogP contribution in [0.5, 0.6) is 0 Å². The summed E-state index contributed by atoms with van der Waals surface area (Å²) in [5.74, 6) is -0.939. The molecule has 0 saturated heterocycles. The van der Waals surface area contributed by atoms with Crippen LogP contribution in [-0.4, -0.2) is 50.4 Å². The van der Waals surface area contributed by atoms with Gasteiger partial charge in [-0.15, -0.1) is 0 Å². The van der Waals surface area contributed by atoms with E-state index in [0.717, 1.165) is 19.1 Å². The molecule has 0 spiro atoms. The van der Waals surface area contributed by atoms with E-state index in [1.165, 1.54) is 0 Å². The molecule has 1 aliphatic carbocycles. The number of carbonyl (C=O) groups is 2. The molecular weight excluding hydrogens is 286 g/mol. The standard InChI is InChI=1S/C11H21N3O5S/c1-20(18,19)13-7-6-12-10(17)14-11(8-9(15)16)4-2-3-5-11/h13H,2-8H2,1H3,(H,15,16)(H2,12,14,17). The summed E-state index contributed by atoms with van der Waals surface area (Å²) in [6, 6.07) is -0.469. The average Bonchev–Trinajstić information content (AvgIpc) is 2.70. The minimum atomic E-state index is -3.27. The Balaban J connectivity index is 2.37. The first-order valence-corrected chi connectivity index (χ1v) is 8.34. The Morgan fingerprint density at radius 1 is 1.20 bits per heavy atom. The maximum Gasteiger partial charge on any atom is 0.315 e. The van der Waals surface area contributed by atoms with Gasteiger partial charge >= 0.3 is 12.0 Å². The third-order valence-corrected chi connectivity index (χ3v) is 3.93. The van der Waals surface area contributed by atoms with Crippen molar-refractivity contribution in [1.29, 1.82) is 0 Å². The second-order valence-electron chi connectivity index (χ2n) is 5.11. The molecule has 0 aromatic rings. The SMILES string of the molecule is CS(=O)(=O)NCCNC(=O)NC1(CC(=O)O)CCCC1. The van der Waals surface area contributed by atoms with Crippen molar-refractivity contribution in [2.45, 2.75) is 37.6 Å². The summed E-state index contributed by atoms with van der Waals surface area (Å²) >= 11 is 0. The van der Waals surface area contributed by atoms with Crippen LogP contribution < -0.4 is 15.4 Å². The minimum Gasteiger partial charge on any atom is -0.481 e. The fourth-order valence-electron chi connectivity index (χ4n) is 2.38. The number of carbonyl (C=O) groups excluding carboxylic acids is 1. The second-order valence-corrected chi connectivity index (χ2v) is 6.94. The van der Waals surface area contributed by atoms with E-state index in [1.54, 1.807) is 0 Å². The van der Waals surface area contributed by atoms with Crippen molar-refractivity contribution in [3.63, 3.8) is 0 Å². The third kappa shape index (κ3) is 6.20. The quantitative estimate of drug-likeness (QED) is 0.477. The van der Waals surface area contributed by atoms with E-state index in [1.807, 2.05) is 0 Å². The number of sulfonamides is 1. The highest BCUT2D eigenvalue weighted by Gasteiger charge is 2.37. The predicted octanol–water partition coefficient (Wildman–Crippen LogP) is -0.378. The Morgan fingerprint density at radius 3 is 2.30 bits per heavy atom. The molecule has 0 aromatic heterocycles. The number of carboxylic acids is 1. The van der Waals surface area contributed by atoms with Gasteiger partial charge in [-0.05, 0) is 12.8 Å². The van der Waals surface area contributed by atoms with Crippen LogP contribution in [0.2, 0.25) is 0 Å². The van der Waals surface area contributed by atoms with E-state index in [0.29, 0.717) is 12.8 Å². The van der Waals surface area contributed by atoms with Crippen LogP contribution in [0, 0.1) is 0 Å². The lowest BCUT2D eigenvalue weighted by Crippen LogP contribution is -2.52. The molecule has 0 aliphatic heterocycles. The molecule has 0 bridgehead atoms. The number of aliphatic carboxylic acids is 1. The third-order valence-electron chi connectivity index (χ3n) is 3.20. The van der Waals surface area contributed by atoms with Crippen LogP contribution in [0.15, 0.2) is 0 Å². The highest BCUT2D eigenvalue weighted by atomic mass is 32.2. The van der Waals surface area contributed by atoms with Gasteiger partial charge in [0, 0.05) is 13.1 Å². The summed E-state index contributed by atoms with van der Waals surface area (Å²) in [6.07, 6.45) is 4.02. The smallest absolute Gasteiger partial charge is 0.315 e. The van der Waals surface area contributed by atoms with Gasteiger partial charge in [0.05, 0.1) is 18.2 Å². The van der Waals surface area contributed by atoms with Gasteiger partial charge in [-0.25, -0.2) is 17.9 Å². The lowest BCUT2D eigenvalue weighted by molar-refractivity contribution is -0.138. The first-order valence-electron chi connectivity index (χ1n) is 6.45. The van der Waals surface area contributed by atoms with E-state index < -0.39 is 27.6 Å². The van der Waals surface area contributed by atoms with Crippen LogP contribution in [0.4, 0.5) is 4.79 Å². The van der Waals surface area contributed by atoms with Crippen molar-refractivity contribution in [3.8, 4) is 0 Å². The fraction of sp³-hybridized carbons (Fsp3) is 0.818. The molecule has 1 aliphatic rings. The summed E-state index contributed by atoms with van der Waals surface area (Å²) in [5.41, 5.74) is -0.680. The lowest BCUT2D eigenvalue weighted by atomic mass is 9.93. The number of hydrogen-bond acceptors (Lipinski definition) is 4. The zero-order valence-electron chi connectivity index (χ0n) is 11.4. The Bertz CT molecular complexity index is 457. The largest absolute Gasteiger partial charge is 0.481 e. The van der Waals surface area contributed by atoms with Crippen molar-refractivity contribution in [1.82, 2.24) is 15.4 Å². The average molecular weight is 307 g/mol. The lowest BCUT2D eigenvalue weighted by Gasteiger charge is -2.28. The first kappa shape index (κ1) is 16.7. The van der Waals surface area contributed by atoms with Crippen LogP contribution >= 0.6 is 0 Å². The molecule has 0 atom stereocenters. The molecule has 1 fully saturated rings. The molecule has 20 heavy (non-hydrogen) atoms. The topological polar surface area (TPSA) is 125 Å². The van der Waals surface area contributed by atoms with Crippen LogP contribution in [-0.2, 0) is 14.8 Å². The fourth-order valence-corrected chi connectivity index (χ4v) is 2.86. The molecule has 1 rings (SSSR count). The Kier molecular flexibility index (Phi) is 5.75. The molecule has 0 radical (unpaired) electrons. The van der Waals surface area contributed by atoms with E-state index in [4.69, 9.17) is 5.11 Å². The van der Waals surface area contributed by atoms with Gasteiger partial charge in [0.2, 0.25) is 10.0 Å². The highest BCUT2D eigenvalue weighted by molar-refractivity contribution is 7.88. The van der Waals surface area contributed by atoms with Gasteiger partial charge < -0.3 is 15.7 Å². The Hall–Kier alpha value is -1.35. The number of rotatable bonds is 7. The van der Waals surface area contributed by atoms with E-state index in [9.17, 15) is 18.0 Å². The van der Waals surface area contributed by atoms with Crippen LogP contribution in [0.3, 0.4) is 0 Å². The van der Waals surface area contributed by atoms with Crippen LogP contribution in [0.25, 0.3) is 0 Å². The molecule has 116 valence electrons. The van der Waals surface area contributed by atoms with Gasteiger partial charge in [-0.1, -0.05) is 12.8 Å². The zero-order valence-corrected chi connectivity index (χ0v) is 12.3. The van der Waals surface area contributed by atoms with E-state index in [-0.39, 0.29) is 19.5 Å². The maximum atomic E-state index is 11.7. The van der Waals surface area contributed by atoms with Crippen molar-refractivity contribution in [3.05, 3.63) is 0 Å². The van der Waals surface area contributed by atoms with Gasteiger partial charge in [0.25, 0.3) is 0 Å². The summed E-state index contributed by atoms with van der Waals surface area (Å²) in [5, 5.41) is 14.1. The molecule has 8 nitrogen and oxygen atoms in total. The number of carboxylic acid groups (broad SMARTS) is 1. The molecule has 0 heterocycles. The van der Waals surface area contributed by atoms with Crippen molar-refractivity contribution in [2.75, 3.05) is 19.3 Å². The normalized spacial score (nSPS) is 17.6. The first-order chi connectivity index (χ1) is 9.22. The van der Waals surface area contributed by atoms with Crippen molar-refractivity contribution >= 4 is 22.0 Å². The monoisotopic (exact) mass is 307 g/mol. The second kappa shape index (κ2) is 6.89. The predicted molar refractivity (Wildman–Crippen MR) is 72.8 cm³/mol. The van der Waals surface area contributed by atoms with Gasteiger partial charge in [0.15, 0.2) is 0 Å². The molecule has 4 N–H and O–H groups in total. The van der Waals surface area contributed by atoms with Crippen molar-refractivity contribution in [2.24, 2.45) is 0 Å². The Labute approximate surface area is 118 Å². The molecule has 9 heteroatoms. The van der Waals surface area contributed by atoms with Gasteiger partial charge in [-0.3, -0.25) is 4.79 Å². The van der Waals surface area contributed by atoms with Gasteiger partial charge in [0.1, 0.15) is 0 Å². The van der Waals surface area contributed by atoms with E-state index >= 15 is 0 Å². The number of amides is 2. The van der Waals surface area contributed by atoms with Gasteiger partial charge in [-0.2, -0.15) is 0 Å². The molecule has 1 saturated carbocycles. The molecule has 2 amide bonds. The van der Waals surface area contributed by atoms with E-state index in [2.05, 4.69) is 15.4 Å². The molecular formula is C11H21N3O5S. The van der Waals surface area contributed by atoms with Crippen LogP contribution in [0.1, 0.15) is 32.1 Å². The number of urea groups is 1. The summed E-state index contributed by atoms with van der Waals surface area (Å²) in [6.45, 7) is 0.236. The zero-order chi connectivity index (χ0) is 15.2. The number of hydrogen-bond donors (Lipinski definition) is 4. The summed E-state index contributed by atoms with van der Waals surface area (Å²) in [4.78, 5) is 22.6. The summed E-state index contributed by atoms with van der Waals surface area (Å²) in [7, 11) is -3.27. The number of nitrogens with one attached hydrogen (secondary N) is 3. The molecule has 0 aromatic carbocycles.